The third kappa shape index (κ3) is 3.14. The molecule has 1 N–H and O–H groups in total. The Labute approximate surface area is 117 Å². The highest BCUT2D eigenvalue weighted by Gasteiger charge is 2.13. The van der Waals surface area contributed by atoms with Gasteiger partial charge in [0, 0.05) is 10.7 Å². The molecule has 18 heavy (non-hydrogen) atoms. The number of aromatic nitrogens is 1. The number of furan rings is 1. The first-order valence-corrected chi connectivity index (χ1v) is 6.91. The lowest BCUT2D eigenvalue weighted by Crippen LogP contribution is -1.94. The molecular formula is C12H10BrNO3S. The number of hydrogen-bond donors (Lipinski definition) is 1. The number of pyridine rings is 1. The third-order valence-electron chi connectivity index (χ3n) is 2.26. The molecular weight excluding hydrogens is 318 g/mol. The molecule has 2 aromatic rings. The Kier molecular flexibility index (Phi) is 4.08. The molecule has 0 amide bonds. The number of rotatable bonds is 4. The van der Waals surface area contributed by atoms with Gasteiger partial charge in [0.25, 0.3) is 0 Å². The molecule has 0 aliphatic heterocycles. The van der Waals surface area contributed by atoms with Gasteiger partial charge < -0.3 is 9.52 Å². The van der Waals surface area contributed by atoms with Crippen molar-refractivity contribution in [2.75, 3.05) is 0 Å². The first-order valence-electron chi connectivity index (χ1n) is 5.13. The Morgan fingerprint density at radius 2 is 2.33 bits per heavy atom. The Bertz CT molecular complexity index is 565. The molecule has 0 saturated carbocycles. The van der Waals surface area contributed by atoms with Crippen molar-refractivity contribution in [2.45, 2.75) is 17.7 Å². The van der Waals surface area contributed by atoms with Gasteiger partial charge in [0.1, 0.15) is 17.1 Å². The molecule has 2 heterocycles. The van der Waals surface area contributed by atoms with E-state index in [9.17, 15) is 4.79 Å². The molecule has 0 aromatic carbocycles. The van der Waals surface area contributed by atoms with E-state index in [1.807, 2.05) is 12.1 Å². The second kappa shape index (κ2) is 5.58. The maximum absolute atomic E-state index is 10.9. The van der Waals surface area contributed by atoms with Crippen molar-refractivity contribution in [1.29, 1.82) is 0 Å². The van der Waals surface area contributed by atoms with E-state index in [1.54, 1.807) is 19.2 Å². The van der Waals surface area contributed by atoms with Crippen LogP contribution in [0.3, 0.4) is 0 Å². The highest BCUT2D eigenvalue weighted by molar-refractivity contribution is 9.10. The molecule has 2 rings (SSSR count). The molecule has 0 spiro atoms. The summed E-state index contributed by atoms with van der Waals surface area (Å²) in [7, 11) is 0. The number of carboxylic acids is 1. The maximum Gasteiger partial charge on any atom is 0.339 e. The fraction of sp³-hybridized carbons (Fsp3) is 0.167. The first kappa shape index (κ1) is 13.2. The number of aromatic carboxylic acids is 1. The number of halogens is 1. The fourth-order valence-electron chi connectivity index (χ4n) is 1.42. The summed E-state index contributed by atoms with van der Waals surface area (Å²) < 4.78 is 6.31. The van der Waals surface area contributed by atoms with E-state index in [0.717, 1.165) is 9.50 Å². The first-order chi connectivity index (χ1) is 8.56. The van der Waals surface area contributed by atoms with Crippen LogP contribution in [-0.4, -0.2) is 16.1 Å². The van der Waals surface area contributed by atoms with Crippen molar-refractivity contribution < 1.29 is 14.3 Å². The number of nitrogens with zero attached hydrogens (tertiary/aromatic N) is 1. The monoisotopic (exact) mass is 327 g/mol. The van der Waals surface area contributed by atoms with Crippen molar-refractivity contribution >= 4 is 33.7 Å². The van der Waals surface area contributed by atoms with E-state index in [0.29, 0.717) is 17.3 Å². The van der Waals surface area contributed by atoms with Gasteiger partial charge in [-0.2, -0.15) is 0 Å². The van der Waals surface area contributed by atoms with Crippen LogP contribution in [0, 0.1) is 6.92 Å². The minimum atomic E-state index is -0.964. The zero-order chi connectivity index (χ0) is 13.1. The van der Waals surface area contributed by atoms with Crippen LogP contribution in [0.25, 0.3) is 0 Å². The van der Waals surface area contributed by atoms with Crippen LogP contribution in [-0.2, 0) is 5.75 Å². The van der Waals surface area contributed by atoms with E-state index in [2.05, 4.69) is 20.9 Å². The lowest BCUT2D eigenvalue weighted by atomic mass is 10.2. The molecule has 4 nitrogen and oxygen atoms in total. The molecule has 0 atom stereocenters. The normalized spacial score (nSPS) is 10.6. The summed E-state index contributed by atoms with van der Waals surface area (Å²) in [5.41, 5.74) is 0.217. The van der Waals surface area contributed by atoms with Crippen LogP contribution >= 0.6 is 27.7 Å². The SMILES string of the molecule is Cc1oc(CSc2ccc(Br)cn2)cc1C(=O)O. The summed E-state index contributed by atoms with van der Waals surface area (Å²) in [4.78, 5) is 15.1. The van der Waals surface area contributed by atoms with Crippen molar-refractivity contribution in [2.24, 2.45) is 0 Å². The largest absolute Gasteiger partial charge is 0.478 e. The molecule has 0 radical (unpaired) electrons. The highest BCUT2D eigenvalue weighted by atomic mass is 79.9. The van der Waals surface area contributed by atoms with E-state index < -0.39 is 5.97 Å². The van der Waals surface area contributed by atoms with Gasteiger partial charge in [-0.25, -0.2) is 9.78 Å². The Hall–Kier alpha value is -1.27. The Balaban J connectivity index is 2.04. The molecule has 0 unspecified atom stereocenters. The maximum atomic E-state index is 10.9. The average molecular weight is 328 g/mol. The second-order valence-corrected chi connectivity index (χ2v) is 5.50. The zero-order valence-corrected chi connectivity index (χ0v) is 11.9. The fourth-order valence-corrected chi connectivity index (χ4v) is 2.38. The highest BCUT2D eigenvalue weighted by Crippen LogP contribution is 2.24. The van der Waals surface area contributed by atoms with Gasteiger partial charge in [0.2, 0.25) is 0 Å². The van der Waals surface area contributed by atoms with Crippen molar-refractivity contribution in [3.8, 4) is 0 Å². The van der Waals surface area contributed by atoms with Gasteiger partial charge in [-0.05, 0) is 41.1 Å². The average Bonchev–Trinajstić information content (AvgIpc) is 2.70. The number of thioether (sulfide) groups is 1. The lowest BCUT2D eigenvalue weighted by Gasteiger charge is -1.98. The number of carboxylic acid groups (broad SMARTS) is 1. The van der Waals surface area contributed by atoms with E-state index >= 15 is 0 Å². The molecule has 2 aromatic heterocycles. The predicted octanol–water partition coefficient (Wildman–Crippen LogP) is 3.74. The molecule has 0 aliphatic carbocycles. The van der Waals surface area contributed by atoms with Gasteiger partial charge in [-0.1, -0.05) is 11.8 Å². The number of aryl methyl sites for hydroxylation is 1. The third-order valence-corrected chi connectivity index (χ3v) is 3.70. The summed E-state index contributed by atoms with van der Waals surface area (Å²) in [5, 5.41) is 9.78. The van der Waals surface area contributed by atoms with Gasteiger partial charge >= 0.3 is 5.97 Å². The zero-order valence-electron chi connectivity index (χ0n) is 9.51. The quantitative estimate of drug-likeness (QED) is 0.866. The molecule has 0 fully saturated rings. The number of carbonyl (C=O) groups is 1. The Morgan fingerprint density at radius 3 is 2.89 bits per heavy atom. The minimum absolute atomic E-state index is 0.217. The van der Waals surface area contributed by atoms with Crippen LogP contribution in [0.1, 0.15) is 21.9 Å². The van der Waals surface area contributed by atoms with Gasteiger partial charge in [-0.15, -0.1) is 0 Å². The minimum Gasteiger partial charge on any atom is -0.478 e. The second-order valence-electron chi connectivity index (χ2n) is 3.59. The van der Waals surface area contributed by atoms with Gasteiger partial charge in [-0.3, -0.25) is 0 Å². The topological polar surface area (TPSA) is 63.3 Å². The standard InChI is InChI=1S/C12H10BrNO3S/c1-7-10(12(15)16)4-9(17-7)6-18-11-3-2-8(13)5-14-11/h2-5H,6H2,1H3,(H,15,16). The smallest absolute Gasteiger partial charge is 0.339 e. The summed E-state index contributed by atoms with van der Waals surface area (Å²) >= 11 is 4.81. The van der Waals surface area contributed by atoms with E-state index in [-0.39, 0.29) is 5.56 Å². The van der Waals surface area contributed by atoms with Crippen LogP contribution < -0.4 is 0 Å². The van der Waals surface area contributed by atoms with Crippen molar-refractivity contribution in [3.63, 3.8) is 0 Å². The van der Waals surface area contributed by atoms with Crippen molar-refractivity contribution in [3.05, 3.63) is 46.0 Å². The molecule has 0 bridgehead atoms. The summed E-state index contributed by atoms with van der Waals surface area (Å²) in [6.07, 6.45) is 1.72. The lowest BCUT2D eigenvalue weighted by molar-refractivity contribution is 0.0695. The van der Waals surface area contributed by atoms with E-state index in [4.69, 9.17) is 9.52 Å². The molecule has 0 aliphatic rings. The molecule has 94 valence electrons. The van der Waals surface area contributed by atoms with Crippen LogP contribution in [0.4, 0.5) is 0 Å². The van der Waals surface area contributed by atoms with Gasteiger partial charge in [0.15, 0.2) is 0 Å². The van der Waals surface area contributed by atoms with Crippen LogP contribution in [0.15, 0.2) is 38.3 Å². The van der Waals surface area contributed by atoms with Crippen LogP contribution in [0.5, 0.6) is 0 Å². The predicted molar refractivity (Wildman–Crippen MR) is 71.9 cm³/mol. The van der Waals surface area contributed by atoms with Crippen molar-refractivity contribution in [1.82, 2.24) is 4.98 Å². The van der Waals surface area contributed by atoms with E-state index in [1.165, 1.54) is 11.8 Å². The summed E-state index contributed by atoms with van der Waals surface area (Å²) in [6, 6.07) is 5.36. The Morgan fingerprint density at radius 1 is 1.56 bits per heavy atom. The summed E-state index contributed by atoms with van der Waals surface area (Å²) in [6.45, 7) is 1.65. The van der Waals surface area contributed by atoms with Gasteiger partial charge in [0.05, 0.1) is 10.8 Å². The molecule has 6 heteroatoms. The number of hydrogen-bond acceptors (Lipinski definition) is 4. The molecule has 0 saturated heterocycles. The van der Waals surface area contributed by atoms with Crippen LogP contribution in [0.2, 0.25) is 0 Å². The summed E-state index contributed by atoms with van der Waals surface area (Å²) in [5.74, 6) is 0.665.